The highest BCUT2D eigenvalue weighted by Gasteiger charge is 2.45. The lowest BCUT2D eigenvalue weighted by Gasteiger charge is -2.40. The van der Waals surface area contributed by atoms with E-state index in [4.69, 9.17) is 10.1 Å². The molecule has 27 heavy (non-hydrogen) atoms. The van der Waals surface area contributed by atoms with Gasteiger partial charge in [0.2, 0.25) is 0 Å². The van der Waals surface area contributed by atoms with Crippen LogP contribution in [0, 0.1) is 23.2 Å². The number of aliphatic hydroxyl groups is 3. The molecular formula is C20H36INO5. The van der Waals surface area contributed by atoms with Crippen molar-refractivity contribution in [2.75, 3.05) is 0 Å². The van der Waals surface area contributed by atoms with Gasteiger partial charge in [0, 0.05) is 15.6 Å². The Morgan fingerprint density at radius 2 is 1.78 bits per heavy atom. The van der Waals surface area contributed by atoms with E-state index >= 15 is 0 Å². The molecule has 0 aliphatic carbocycles. The van der Waals surface area contributed by atoms with Gasteiger partial charge in [0.1, 0.15) is 11.7 Å². The summed E-state index contributed by atoms with van der Waals surface area (Å²) < 4.78 is 5.57. The zero-order chi connectivity index (χ0) is 21.2. The first kappa shape index (κ1) is 24.8. The van der Waals surface area contributed by atoms with Gasteiger partial charge in [-0.25, -0.2) is 0 Å². The second kappa shape index (κ2) is 9.50. The van der Waals surface area contributed by atoms with Gasteiger partial charge in [0.05, 0.1) is 17.6 Å². The molecule has 1 heterocycles. The van der Waals surface area contributed by atoms with E-state index in [2.05, 4.69) is 22.6 Å². The maximum atomic E-state index is 12.6. The van der Waals surface area contributed by atoms with E-state index in [1.165, 1.54) is 6.92 Å². The molecule has 0 spiro atoms. The van der Waals surface area contributed by atoms with Gasteiger partial charge in [-0.15, -0.1) is 0 Å². The predicted octanol–water partition coefficient (Wildman–Crippen LogP) is 3.09. The largest absolute Gasteiger partial charge is 0.459 e. The summed E-state index contributed by atoms with van der Waals surface area (Å²) >= 11 is 2.20. The Morgan fingerprint density at radius 1 is 1.22 bits per heavy atom. The topological polar surface area (TPSA) is 111 Å². The van der Waals surface area contributed by atoms with Crippen molar-refractivity contribution in [1.82, 2.24) is 0 Å². The molecule has 1 unspecified atom stereocenters. The Morgan fingerprint density at radius 3 is 2.30 bits per heavy atom. The number of carbonyl (C=O) groups excluding carboxylic acids is 1. The van der Waals surface area contributed by atoms with Gasteiger partial charge in [-0.05, 0) is 45.4 Å². The second-order valence-electron chi connectivity index (χ2n) is 8.69. The van der Waals surface area contributed by atoms with E-state index in [0.29, 0.717) is 25.7 Å². The van der Waals surface area contributed by atoms with Gasteiger partial charge < -0.3 is 25.5 Å². The summed E-state index contributed by atoms with van der Waals surface area (Å²) in [6, 6.07) is 0. The molecule has 8 atom stereocenters. The molecule has 0 bridgehead atoms. The average molecular weight is 497 g/mol. The van der Waals surface area contributed by atoms with Gasteiger partial charge in [-0.2, -0.15) is 0 Å². The maximum absolute atomic E-state index is 12.6. The predicted molar refractivity (Wildman–Crippen MR) is 114 cm³/mol. The average Bonchev–Trinajstić information content (AvgIpc) is 2.59. The zero-order valence-electron chi connectivity index (χ0n) is 17.3. The van der Waals surface area contributed by atoms with Crippen LogP contribution in [0.3, 0.4) is 0 Å². The standard InChI is InChI=1S/C20H36INO5/c1-7-15-20(6,26)17(23)13(4)16(22)11(2)10-19(5,25)9-8-14(21)12(3)18(24)27-15/h11-15,17,22-23,25-26H,7-10H2,1-6H3/t11-,12-,13+,14?,15-,17-,19+,20-/m1/s1. The van der Waals surface area contributed by atoms with Gasteiger partial charge in [0.15, 0.2) is 0 Å². The molecule has 0 aromatic heterocycles. The highest BCUT2D eigenvalue weighted by atomic mass is 127. The van der Waals surface area contributed by atoms with Gasteiger partial charge in [-0.3, -0.25) is 4.79 Å². The van der Waals surface area contributed by atoms with Crippen LogP contribution in [0.1, 0.15) is 67.2 Å². The van der Waals surface area contributed by atoms with Crippen LogP contribution in [0.5, 0.6) is 0 Å². The van der Waals surface area contributed by atoms with E-state index in [1.807, 2.05) is 6.92 Å². The smallest absolute Gasteiger partial charge is 0.310 e. The molecular weight excluding hydrogens is 461 g/mol. The Kier molecular flexibility index (Phi) is 8.72. The van der Waals surface area contributed by atoms with E-state index in [1.54, 1.807) is 27.7 Å². The Hall–Kier alpha value is -0.250. The van der Waals surface area contributed by atoms with Gasteiger partial charge in [-0.1, -0.05) is 50.3 Å². The molecule has 0 saturated carbocycles. The third kappa shape index (κ3) is 6.11. The molecule has 1 aliphatic rings. The molecule has 158 valence electrons. The number of halogens is 1. The lowest BCUT2D eigenvalue weighted by Crippen LogP contribution is -2.55. The first-order valence-electron chi connectivity index (χ1n) is 9.80. The van der Waals surface area contributed by atoms with Crippen molar-refractivity contribution in [2.24, 2.45) is 17.8 Å². The first-order valence-corrected chi connectivity index (χ1v) is 11.0. The minimum Gasteiger partial charge on any atom is -0.459 e. The highest BCUT2D eigenvalue weighted by molar-refractivity contribution is 14.1. The number of carbonyl (C=O) groups is 1. The number of nitrogens with one attached hydrogen (secondary N) is 1. The SMILES string of the molecule is CC[C@H]1OC(=O)[C@H](C)C(I)CC[C@](C)(O)C[C@@H](C)C(=N)[C@H](C)[C@@H](O)[C@]1(C)O. The van der Waals surface area contributed by atoms with Crippen molar-refractivity contribution in [1.29, 1.82) is 5.41 Å². The maximum Gasteiger partial charge on any atom is 0.310 e. The number of alkyl halides is 1. The van der Waals surface area contributed by atoms with Crippen LogP contribution in [0.2, 0.25) is 0 Å². The minimum absolute atomic E-state index is 0.0226. The van der Waals surface area contributed by atoms with Crippen molar-refractivity contribution in [2.45, 2.75) is 94.6 Å². The monoisotopic (exact) mass is 497 g/mol. The molecule has 4 N–H and O–H groups in total. The lowest BCUT2D eigenvalue weighted by atomic mass is 9.76. The molecule has 0 aromatic rings. The van der Waals surface area contributed by atoms with Gasteiger partial charge in [0.25, 0.3) is 0 Å². The molecule has 7 heteroatoms. The first-order chi connectivity index (χ1) is 12.2. The fraction of sp³-hybridized carbons (Fsp3) is 0.900. The normalized spacial score (nSPS) is 45.9. The Balaban J connectivity index is 3.26. The van der Waals surface area contributed by atoms with Gasteiger partial charge >= 0.3 is 5.97 Å². The fourth-order valence-corrected chi connectivity index (χ4v) is 4.50. The van der Waals surface area contributed by atoms with Crippen molar-refractivity contribution < 1.29 is 24.9 Å². The third-order valence-electron chi connectivity index (χ3n) is 5.99. The highest BCUT2D eigenvalue weighted by Crippen LogP contribution is 2.33. The minimum atomic E-state index is -1.68. The molecule has 1 rings (SSSR count). The van der Waals surface area contributed by atoms with Crippen LogP contribution in [-0.2, 0) is 9.53 Å². The number of cyclic esters (lactones) is 1. The molecule has 0 radical (unpaired) electrons. The van der Waals surface area contributed by atoms with E-state index in [-0.39, 0.29) is 21.5 Å². The van der Waals surface area contributed by atoms with Crippen LogP contribution in [0.15, 0.2) is 0 Å². The molecule has 6 nitrogen and oxygen atoms in total. The molecule has 1 fully saturated rings. The van der Waals surface area contributed by atoms with Crippen LogP contribution >= 0.6 is 22.6 Å². The Labute approximate surface area is 176 Å². The molecule has 0 aromatic carbocycles. The lowest BCUT2D eigenvalue weighted by molar-refractivity contribution is -0.185. The van der Waals surface area contributed by atoms with Crippen LogP contribution in [0.4, 0.5) is 0 Å². The summed E-state index contributed by atoms with van der Waals surface area (Å²) in [5.74, 6) is -1.67. The molecule has 0 amide bonds. The van der Waals surface area contributed by atoms with Crippen molar-refractivity contribution >= 4 is 34.3 Å². The zero-order valence-corrected chi connectivity index (χ0v) is 19.5. The third-order valence-corrected chi connectivity index (χ3v) is 7.70. The summed E-state index contributed by atoms with van der Waals surface area (Å²) in [7, 11) is 0. The van der Waals surface area contributed by atoms with Crippen LogP contribution in [-0.4, -0.2) is 54.3 Å². The second-order valence-corrected chi connectivity index (χ2v) is 10.3. The van der Waals surface area contributed by atoms with Crippen molar-refractivity contribution in [3.63, 3.8) is 0 Å². The number of hydrogen-bond acceptors (Lipinski definition) is 6. The summed E-state index contributed by atoms with van der Waals surface area (Å²) in [5.41, 5.74) is -2.37. The number of rotatable bonds is 1. The number of aliphatic hydroxyl groups excluding tert-OH is 1. The van der Waals surface area contributed by atoms with Crippen LogP contribution < -0.4 is 0 Å². The molecule has 1 aliphatic heterocycles. The Bertz CT molecular complexity index is 536. The van der Waals surface area contributed by atoms with Crippen LogP contribution in [0.25, 0.3) is 0 Å². The number of hydrogen-bond donors (Lipinski definition) is 4. The molecule has 1 saturated heterocycles. The van der Waals surface area contributed by atoms with Crippen molar-refractivity contribution in [3.05, 3.63) is 0 Å². The number of ether oxygens (including phenoxy) is 1. The fourth-order valence-electron chi connectivity index (χ4n) is 3.90. The quantitative estimate of drug-likeness (QED) is 0.253. The number of esters is 1. The van der Waals surface area contributed by atoms with E-state index in [0.717, 1.165) is 0 Å². The summed E-state index contributed by atoms with van der Waals surface area (Å²) in [6.45, 7) is 10.4. The van der Waals surface area contributed by atoms with Crippen molar-refractivity contribution in [3.8, 4) is 0 Å². The van der Waals surface area contributed by atoms with E-state index in [9.17, 15) is 20.1 Å². The summed E-state index contributed by atoms with van der Waals surface area (Å²) in [5, 5.41) is 41.0. The van der Waals surface area contributed by atoms with E-state index < -0.39 is 35.3 Å². The summed E-state index contributed by atoms with van der Waals surface area (Å²) in [4.78, 5) is 12.6. The summed E-state index contributed by atoms with van der Waals surface area (Å²) in [6.07, 6.45) is -0.202.